The molecule has 0 saturated heterocycles. The molecule has 0 bridgehead atoms. The van der Waals surface area contributed by atoms with Crippen LogP contribution in [0.5, 0.6) is 0 Å². The van der Waals surface area contributed by atoms with Gasteiger partial charge in [-0.05, 0) is 25.0 Å². The minimum atomic E-state index is -0.619. The van der Waals surface area contributed by atoms with E-state index < -0.39 is 5.41 Å². The van der Waals surface area contributed by atoms with Crippen molar-refractivity contribution in [2.45, 2.75) is 26.3 Å². The molecule has 1 atom stereocenters. The van der Waals surface area contributed by atoms with Crippen LogP contribution in [0.2, 0.25) is 0 Å². The molecule has 114 valence electrons. The molecule has 0 aromatic heterocycles. The van der Waals surface area contributed by atoms with Gasteiger partial charge in [-0.3, -0.25) is 9.59 Å². The van der Waals surface area contributed by atoms with Crippen molar-refractivity contribution in [2.24, 2.45) is 5.41 Å². The Kier molecular flexibility index (Phi) is 4.63. The van der Waals surface area contributed by atoms with Crippen LogP contribution in [0.15, 0.2) is 24.3 Å². The molecular weight excluding hydrogens is 266 g/mol. The van der Waals surface area contributed by atoms with Gasteiger partial charge in [0.15, 0.2) is 0 Å². The number of hydrogen-bond donors (Lipinski definition) is 3. The summed E-state index contributed by atoms with van der Waals surface area (Å²) in [5, 5.41) is 8.79. The zero-order chi connectivity index (χ0) is 15.5. The van der Waals surface area contributed by atoms with Gasteiger partial charge in [-0.25, -0.2) is 0 Å². The summed E-state index contributed by atoms with van der Waals surface area (Å²) in [4.78, 5) is 24.2. The maximum Gasteiger partial charge on any atom is 0.228 e. The van der Waals surface area contributed by atoms with E-state index in [2.05, 4.69) is 16.0 Å². The van der Waals surface area contributed by atoms with Crippen molar-refractivity contribution in [3.63, 3.8) is 0 Å². The van der Waals surface area contributed by atoms with Crippen molar-refractivity contribution in [3.05, 3.63) is 35.4 Å². The third-order valence-electron chi connectivity index (χ3n) is 3.96. The number of carbonyl (C=O) groups is 2. The fraction of sp³-hybridized carbons (Fsp3) is 0.500. The average molecular weight is 289 g/mol. The Labute approximate surface area is 125 Å². The molecule has 0 fully saturated rings. The monoisotopic (exact) mass is 289 g/mol. The lowest BCUT2D eigenvalue weighted by Crippen LogP contribution is -2.46. The Morgan fingerprint density at radius 1 is 1.33 bits per heavy atom. The standard InChI is InChI=1S/C16H23N3O2/c1-16(2,15(21)17-3)10-19-14(20)13-9-18-8-11-6-4-5-7-12(11)13/h4-7,13,18H,8-10H2,1-3H3,(H,17,21)(H,19,20). The summed E-state index contributed by atoms with van der Waals surface area (Å²) in [6.45, 7) is 5.38. The molecule has 0 saturated carbocycles. The molecule has 0 spiro atoms. The summed E-state index contributed by atoms with van der Waals surface area (Å²) in [5.74, 6) is -0.313. The molecule has 5 nitrogen and oxygen atoms in total. The smallest absolute Gasteiger partial charge is 0.228 e. The Balaban J connectivity index is 2.04. The van der Waals surface area contributed by atoms with Crippen LogP contribution in [0.4, 0.5) is 0 Å². The molecule has 5 heteroatoms. The number of nitrogens with one attached hydrogen (secondary N) is 3. The molecule has 1 aliphatic rings. The van der Waals surface area contributed by atoms with E-state index in [1.54, 1.807) is 7.05 Å². The van der Waals surface area contributed by atoms with Crippen molar-refractivity contribution < 1.29 is 9.59 Å². The van der Waals surface area contributed by atoms with E-state index in [-0.39, 0.29) is 17.7 Å². The van der Waals surface area contributed by atoms with Crippen LogP contribution >= 0.6 is 0 Å². The van der Waals surface area contributed by atoms with Crippen LogP contribution in [0.25, 0.3) is 0 Å². The molecule has 3 N–H and O–H groups in total. The van der Waals surface area contributed by atoms with Gasteiger partial charge >= 0.3 is 0 Å². The summed E-state index contributed by atoms with van der Waals surface area (Å²) >= 11 is 0. The molecule has 1 aromatic carbocycles. The predicted octanol–water partition coefficient (Wildman–Crippen LogP) is 0.762. The van der Waals surface area contributed by atoms with Crippen LogP contribution in [0.3, 0.4) is 0 Å². The Morgan fingerprint density at radius 2 is 2.05 bits per heavy atom. The van der Waals surface area contributed by atoms with Gasteiger partial charge in [0.2, 0.25) is 11.8 Å². The predicted molar refractivity (Wildman–Crippen MR) is 81.7 cm³/mol. The second-order valence-corrected chi connectivity index (χ2v) is 6.06. The zero-order valence-corrected chi connectivity index (χ0v) is 12.8. The first-order chi connectivity index (χ1) is 9.95. The van der Waals surface area contributed by atoms with E-state index in [0.717, 1.165) is 17.7 Å². The molecule has 1 aliphatic heterocycles. The minimum absolute atomic E-state index is 0.0355. The van der Waals surface area contributed by atoms with Gasteiger partial charge in [0.05, 0.1) is 11.3 Å². The highest BCUT2D eigenvalue weighted by atomic mass is 16.2. The SMILES string of the molecule is CNC(=O)C(C)(C)CNC(=O)C1CNCc2ccccc21. The number of benzene rings is 1. The van der Waals surface area contributed by atoms with Crippen molar-refractivity contribution in [1.29, 1.82) is 0 Å². The lowest BCUT2D eigenvalue weighted by molar-refractivity contribution is -0.129. The van der Waals surface area contributed by atoms with Crippen LogP contribution < -0.4 is 16.0 Å². The summed E-state index contributed by atoms with van der Waals surface area (Å²) < 4.78 is 0. The zero-order valence-electron chi connectivity index (χ0n) is 12.8. The van der Waals surface area contributed by atoms with Crippen molar-refractivity contribution in [1.82, 2.24) is 16.0 Å². The maximum atomic E-state index is 12.4. The third-order valence-corrected chi connectivity index (χ3v) is 3.96. The Morgan fingerprint density at radius 3 is 2.76 bits per heavy atom. The summed E-state index contributed by atoms with van der Waals surface area (Å²) in [7, 11) is 1.60. The lowest BCUT2D eigenvalue weighted by atomic mass is 9.89. The van der Waals surface area contributed by atoms with E-state index >= 15 is 0 Å². The molecule has 21 heavy (non-hydrogen) atoms. The topological polar surface area (TPSA) is 70.2 Å². The van der Waals surface area contributed by atoms with Crippen LogP contribution in [-0.2, 0) is 16.1 Å². The summed E-state index contributed by atoms with van der Waals surface area (Å²) in [6.07, 6.45) is 0. The molecule has 0 aliphatic carbocycles. The highest BCUT2D eigenvalue weighted by Gasteiger charge is 2.30. The second-order valence-electron chi connectivity index (χ2n) is 6.06. The molecular formula is C16H23N3O2. The molecule has 0 radical (unpaired) electrons. The van der Waals surface area contributed by atoms with Gasteiger partial charge in [-0.15, -0.1) is 0 Å². The highest BCUT2D eigenvalue weighted by Crippen LogP contribution is 2.24. The fourth-order valence-corrected chi connectivity index (χ4v) is 2.58. The van der Waals surface area contributed by atoms with Gasteiger partial charge < -0.3 is 16.0 Å². The maximum absolute atomic E-state index is 12.4. The number of rotatable bonds is 4. The summed E-state index contributed by atoms with van der Waals surface area (Å²) in [5.41, 5.74) is 1.62. The first-order valence-electron chi connectivity index (χ1n) is 7.24. The third kappa shape index (κ3) is 3.42. The largest absolute Gasteiger partial charge is 0.359 e. The van der Waals surface area contributed by atoms with E-state index in [9.17, 15) is 9.59 Å². The number of hydrogen-bond acceptors (Lipinski definition) is 3. The number of amides is 2. The molecule has 2 rings (SSSR count). The van der Waals surface area contributed by atoms with Gasteiger partial charge in [-0.1, -0.05) is 24.3 Å². The fourth-order valence-electron chi connectivity index (χ4n) is 2.58. The number of carbonyl (C=O) groups excluding carboxylic acids is 2. The summed E-state index contributed by atoms with van der Waals surface area (Å²) in [6, 6.07) is 7.98. The van der Waals surface area contributed by atoms with E-state index in [1.807, 2.05) is 38.1 Å². The van der Waals surface area contributed by atoms with Crippen LogP contribution in [-0.4, -0.2) is 32.0 Å². The first kappa shape index (κ1) is 15.5. The first-order valence-corrected chi connectivity index (χ1v) is 7.24. The van der Waals surface area contributed by atoms with Gasteiger partial charge in [0, 0.05) is 26.7 Å². The van der Waals surface area contributed by atoms with Crippen LogP contribution in [0.1, 0.15) is 30.9 Å². The quantitative estimate of drug-likeness (QED) is 0.766. The Bertz CT molecular complexity index is 540. The van der Waals surface area contributed by atoms with Crippen molar-refractivity contribution >= 4 is 11.8 Å². The lowest BCUT2D eigenvalue weighted by Gasteiger charge is -2.28. The van der Waals surface area contributed by atoms with E-state index in [4.69, 9.17) is 0 Å². The highest BCUT2D eigenvalue weighted by molar-refractivity contribution is 5.86. The Hall–Kier alpha value is -1.88. The van der Waals surface area contributed by atoms with Gasteiger partial charge in [0.1, 0.15) is 0 Å². The molecule has 1 heterocycles. The number of fused-ring (bicyclic) bond motifs is 1. The van der Waals surface area contributed by atoms with Gasteiger partial charge in [-0.2, -0.15) is 0 Å². The minimum Gasteiger partial charge on any atom is -0.359 e. The van der Waals surface area contributed by atoms with Gasteiger partial charge in [0.25, 0.3) is 0 Å². The average Bonchev–Trinajstić information content (AvgIpc) is 2.51. The van der Waals surface area contributed by atoms with E-state index in [0.29, 0.717) is 13.1 Å². The van der Waals surface area contributed by atoms with Crippen molar-refractivity contribution in [2.75, 3.05) is 20.1 Å². The van der Waals surface area contributed by atoms with E-state index in [1.165, 1.54) is 0 Å². The molecule has 1 aromatic rings. The van der Waals surface area contributed by atoms with Crippen LogP contribution in [0, 0.1) is 5.41 Å². The normalized spacial score (nSPS) is 17.8. The van der Waals surface area contributed by atoms with Crippen molar-refractivity contribution in [3.8, 4) is 0 Å². The molecule has 1 unspecified atom stereocenters. The molecule has 2 amide bonds. The second kappa shape index (κ2) is 6.26.